The zero-order valence-electron chi connectivity index (χ0n) is 12.4. The number of hydrogen-bond donors (Lipinski definition) is 4. The van der Waals surface area contributed by atoms with E-state index in [9.17, 15) is 19.2 Å². The van der Waals surface area contributed by atoms with E-state index in [0.29, 0.717) is 12.8 Å². The second-order valence-electron chi connectivity index (χ2n) is 5.96. The first kappa shape index (κ1) is 16.3. The molecule has 122 valence electrons. The molecule has 2 fully saturated rings. The van der Waals surface area contributed by atoms with Crippen molar-refractivity contribution in [2.24, 2.45) is 5.73 Å². The number of hydrogen-bond acceptors (Lipinski definition) is 4. The van der Waals surface area contributed by atoms with Crippen LogP contribution < -0.4 is 21.7 Å². The van der Waals surface area contributed by atoms with E-state index < -0.39 is 35.3 Å². The molecule has 2 aliphatic rings. The fourth-order valence-corrected chi connectivity index (χ4v) is 3.02. The van der Waals surface area contributed by atoms with E-state index in [4.69, 9.17) is 5.73 Å². The highest BCUT2D eigenvalue weighted by atomic mass is 16.2. The fourth-order valence-electron chi connectivity index (χ4n) is 3.02. The first-order valence-electron chi connectivity index (χ1n) is 7.65. The van der Waals surface area contributed by atoms with Crippen LogP contribution in [-0.2, 0) is 14.4 Å². The van der Waals surface area contributed by atoms with Crippen LogP contribution in [0, 0.1) is 0 Å². The van der Waals surface area contributed by atoms with Gasteiger partial charge >= 0.3 is 6.03 Å². The number of urea groups is 1. The van der Waals surface area contributed by atoms with Gasteiger partial charge in [-0.3, -0.25) is 19.7 Å². The van der Waals surface area contributed by atoms with E-state index in [1.807, 2.05) is 0 Å². The van der Waals surface area contributed by atoms with Crippen LogP contribution in [0.4, 0.5) is 4.79 Å². The number of nitrogens with one attached hydrogen (secondary N) is 3. The Labute approximate surface area is 128 Å². The van der Waals surface area contributed by atoms with Gasteiger partial charge in [-0.1, -0.05) is 25.7 Å². The topological polar surface area (TPSA) is 130 Å². The molecule has 5 amide bonds. The molecular formula is C14H22N4O4. The Morgan fingerprint density at radius 2 is 1.77 bits per heavy atom. The Morgan fingerprint density at radius 3 is 2.36 bits per heavy atom. The first-order valence-corrected chi connectivity index (χ1v) is 7.65. The lowest BCUT2D eigenvalue weighted by atomic mass is 9.88. The van der Waals surface area contributed by atoms with Gasteiger partial charge in [-0.15, -0.1) is 0 Å². The number of imide groups is 1. The van der Waals surface area contributed by atoms with Crippen molar-refractivity contribution in [2.45, 2.75) is 62.9 Å². The number of amides is 5. The normalized spacial score (nSPS) is 25.2. The Bertz CT molecular complexity index is 483. The molecule has 1 atom stereocenters. The summed E-state index contributed by atoms with van der Waals surface area (Å²) in [7, 11) is 0. The summed E-state index contributed by atoms with van der Waals surface area (Å²) < 4.78 is 0. The number of carbonyl (C=O) groups is 4. The van der Waals surface area contributed by atoms with Crippen molar-refractivity contribution in [1.29, 1.82) is 0 Å². The van der Waals surface area contributed by atoms with Crippen LogP contribution in [0.25, 0.3) is 0 Å². The van der Waals surface area contributed by atoms with Crippen molar-refractivity contribution >= 4 is 23.8 Å². The van der Waals surface area contributed by atoms with Crippen LogP contribution >= 0.6 is 0 Å². The summed E-state index contributed by atoms with van der Waals surface area (Å²) in [5, 5.41) is 7.28. The van der Waals surface area contributed by atoms with Crippen LogP contribution in [0.1, 0.15) is 51.4 Å². The van der Waals surface area contributed by atoms with E-state index >= 15 is 0 Å². The standard InChI is InChI=1S/C14H22N4O4/c15-12(21)14(7-3-1-2-4-8-14)18-11(20)9-5-6-10(19)17-13(22)16-9/h9H,1-8H2,(H2,15,21)(H,18,20)(H2,16,17,19,22)/t9-/m0/s1. The van der Waals surface area contributed by atoms with Gasteiger partial charge in [0.15, 0.2) is 0 Å². The lowest BCUT2D eigenvalue weighted by Crippen LogP contribution is -2.61. The van der Waals surface area contributed by atoms with Crippen molar-refractivity contribution in [3.63, 3.8) is 0 Å². The lowest BCUT2D eigenvalue weighted by Gasteiger charge is -2.32. The molecule has 1 saturated heterocycles. The van der Waals surface area contributed by atoms with E-state index in [1.165, 1.54) is 0 Å². The highest BCUT2D eigenvalue weighted by molar-refractivity contribution is 5.99. The zero-order chi connectivity index (χ0) is 16.2. The number of rotatable bonds is 3. The second kappa shape index (κ2) is 6.76. The molecule has 0 aromatic carbocycles. The maximum Gasteiger partial charge on any atom is 0.322 e. The summed E-state index contributed by atoms with van der Waals surface area (Å²) in [5.41, 5.74) is 4.47. The number of nitrogens with two attached hydrogens (primary N) is 1. The maximum absolute atomic E-state index is 12.4. The smallest absolute Gasteiger partial charge is 0.322 e. The first-order chi connectivity index (χ1) is 10.4. The molecule has 8 nitrogen and oxygen atoms in total. The minimum Gasteiger partial charge on any atom is -0.368 e. The van der Waals surface area contributed by atoms with Crippen LogP contribution in [-0.4, -0.2) is 35.3 Å². The van der Waals surface area contributed by atoms with Gasteiger partial charge < -0.3 is 16.4 Å². The average molecular weight is 310 g/mol. The quantitative estimate of drug-likeness (QED) is 0.532. The van der Waals surface area contributed by atoms with Crippen LogP contribution in [0.15, 0.2) is 0 Å². The minimum atomic E-state index is -1.05. The van der Waals surface area contributed by atoms with Crippen LogP contribution in [0.2, 0.25) is 0 Å². The Morgan fingerprint density at radius 1 is 1.14 bits per heavy atom. The third-order valence-electron chi connectivity index (χ3n) is 4.33. The number of primary amides is 1. The molecule has 2 rings (SSSR count). The molecule has 1 heterocycles. The second-order valence-corrected chi connectivity index (χ2v) is 5.96. The highest BCUT2D eigenvalue weighted by Gasteiger charge is 2.40. The van der Waals surface area contributed by atoms with E-state index in [1.54, 1.807) is 0 Å². The molecule has 1 aliphatic heterocycles. The summed E-state index contributed by atoms with van der Waals surface area (Å²) in [6.07, 6.45) is 4.92. The minimum absolute atomic E-state index is 0.0698. The Balaban J connectivity index is 2.08. The van der Waals surface area contributed by atoms with Gasteiger partial charge in [-0.2, -0.15) is 0 Å². The molecule has 0 unspecified atom stereocenters. The van der Waals surface area contributed by atoms with E-state index in [2.05, 4.69) is 16.0 Å². The van der Waals surface area contributed by atoms with Gasteiger partial charge in [0.25, 0.3) is 0 Å². The van der Waals surface area contributed by atoms with Crippen molar-refractivity contribution in [3.05, 3.63) is 0 Å². The van der Waals surface area contributed by atoms with E-state index in [0.717, 1.165) is 25.7 Å². The highest BCUT2D eigenvalue weighted by Crippen LogP contribution is 2.27. The SMILES string of the molecule is NC(=O)C1(NC(=O)[C@@H]2CCC(=O)NC(=O)N2)CCCCCC1. The third kappa shape index (κ3) is 3.75. The maximum atomic E-state index is 12.4. The lowest BCUT2D eigenvalue weighted by molar-refractivity contribution is -0.133. The zero-order valence-corrected chi connectivity index (χ0v) is 12.4. The third-order valence-corrected chi connectivity index (χ3v) is 4.33. The van der Waals surface area contributed by atoms with Gasteiger partial charge in [0.2, 0.25) is 17.7 Å². The molecule has 0 bridgehead atoms. The van der Waals surface area contributed by atoms with Crippen molar-refractivity contribution in [2.75, 3.05) is 0 Å². The predicted octanol–water partition coefficient (Wildman–Crippen LogP) is -0.331. The van der Waals surface area contributed by atoms with Crippen LogP contribution in [0.5, 0.6) is 0 Å². The molecule has 0 radical (unpaired) electrons. The molecule has 0 spiro atoms. The molecule has 0 aromatic rings. The Hall–Kier alpha value is -2.12. The van der Waals surface area contributed by atoms with Gasteiger partial charge in [-0.25, -0.2) is 4.79 Å². The Kier molecular flexibility index (Phi) is 4.99. The number of carbonyl (C=O) groups excluding carboxylic acids is 4. The van der Waals surface area contributed by atoms with E-state index in [-0.39, 0.29) is 12.8 Å². The van der Waals surface area contributed by atoms with Gasteiger partial charge in [0, 0.05) is 6.42 Å². The van der Waals surface area contributed by atoms with Gasteiger partial charge in [-0.05, 0) is 19.3 Å². The molecule has 22 heavy (non-hydrogen) atoms. The average Bonchev–Trinajstić information content (AvgIpc) is 2.78. The summed E-state index contributed by atoms with van der Waals surface area (Å²) >= 11 is 0. The van der Waals surface area contributed by atoms with Gasteiger partial charge in [0.05, 0.1) is 0 Å². The molecular weight excluding hydrogens is 288 g/mol. The summed E-state index contributed by atoms with van der Waals surface area (Å²) in [6, 6.07) is -1.54. The molecule has 1 aliphatic carbocycles. The molecule has 5 N–H and O–H groups in total. The van der Waals surface area contributed by atoms with Crippen LogP contribution in [0.3, 0.4) is 0 Å². The summed E-state index contributed by atoms with van der Waals surface area (Å²) in [4.78, 5) is 47.1. The predicted molar refractivity (Wildman–Crippen MR) is 77.5 cm³/mol. The fraction of sp³-hybridized carbons (Fsp3) is 0.714. The van der Waals surface area contributed by atoms with Crippen molar-refractivity contribution in [3.8, 4) is 0 Å². The van der Waals surface area contributed by atoms with Gasteiger partial charge in [0.1, 0.15) is 11.6 Å². The molecule has 1 saturated carbocycles. The largest absolute Gasteiger partial charge is 0.368 e. The summed E-state index contributed by atoms with van der Waals surface area (Å²) in [6.45, 7) is 0. The molecule has 8 heteroatoms. The molecule has 0 aromatic heterocycles. The van der Waals surface area contributed by atoms with Crippen molar-refractivity contribution < 1.29 is 19.2 Å². The summed E-state index contributed by atoms with van der Waals surface area (Å²) in [5.74, 6) is -1.44. The monoisotopic (exact) mass is 310 g/mol. The van der Waals surface area contributed by atoms with Crippen molar-refractivity contribution in [1.82, 2.24) is 16.0 Å².